The number of carbonyl (C=O) groups is 1. The summed E-state index contributed by atoms with van der Waals surface area (Å²) in [5.74, 6) is -0.817. The van der Waals surface area contributed by atoms with Crippen LogP contribution >= 0.6 is 0 Å². The number of ether oxygens (including phenoxy) is 1. The van der Waals surface area contributed by atoms with Crippen molar-refractivity contribution in [3.05, 3.63) is 39.4 Å². The van der Waals surface area contributed by atoms with Crippen molar-refractivity contribution in [2.24, 2.45) is 5.73 Å². The minimum absolute atomic E-state index is 0.0567. The molecule has 1 unspecified atom stereocenters. The third-order valence-electron chi connectivity index (χ3n) is 1.96. The van der Waals surface area contributed by atoms with Gasteiger partial charge in [-0.3, -0.25) is 14.9 Å². The average Bonchev–Trinajstić information content (AvgIpc) is 2.26. The molecule has 0 saturated heterocycles. The maximum atomic E-state index is 13.2. The van der Waals surface area contributed by atoms with Crippen molar-refractivity contribution < 1.29 is 18.8 Å². The van der Waals surface area contributed by atoms with E-state index in [-0.39, 0.29) is 11.1 Å². The van der Waals surface area contributed by atoms with Gasteiger partial charge in [-0.05, 0) is 12.1 Å². The standard InChI is InChI=1S/C9H9FN2O4/c1-16-8(10)6-3-2-5(9(11)13)4-7(6)12(14)15/h2-4,8H,1H3,(H2,11,13). The van der Waals surface area contributed by atoms with Gasteiger partial charge in [0.05, 0.1) is 10.5 Å². The quantitative estimate of drug-likeness (QED) is 0.620. The van der Waals surface area contributed by atoms with Gasteiger partial charge in [-0.25, -0.2) is 4.39 Å². The van der Waals surface area contributed by atoms with E-state index in [4.69, 9.17) is 5.73 Å². The number of methoxy groups -OCH3 is 1. The SMILES string of the molecule is COC(F)c1ccc(C(N)=O)cc1[N+](=O)[O-]. The Hall–Kier alpha value is -2.02. The summed E-state index contributed by atoms with van der Waals surface area (Å²) in [6.07, 6.45) is -1.91. The number of primary amides is 1. The van der Waals surface area contributed by atoms with Gasteiger partial charge >= 0.3 is 0 Å². The molecule has 0 aliphatic carbocycles. The Morgan fingerprint density at radius 3 is 2.69 bits per heavy atom. The highest BCUT2D eigenvalue weighted by atomic mass is 19.1. The van der Waals surface area contributed by atoms with Gasteiger partial charge < -0.3 is 10.5 Å². The maximum Gasteiger partial charge on any atom is 0.278 e. The van der Waals surface area contributed by atoms with E-state index in [1.807, 2.05) is 0 Å². The molecule has 0 saturated carbocycles. The molecule has 16 heavy (non-hydrogen) atoms. The predicted molar refractivity (Wildman–Crippen MR) is 52.5 cm³/mol. The second-order valence-electron chi connectivity index (χ2n) is 2.95. The zero-order chi connectivity index (χ0) is 12.3. The van der Waals surface area contributed by atoms with E-state index in [2.05, 4.69) is 4.74 Å². The molecular formula is C9H9FN2O4. The van der Waals surface area contributed by atoms with Crippen molar-refractivity contribution in [3.8, 4) is 0 Å². The van der Waals surface area contributed by atoms with Gasteiger partial charge in [0, 0.05) is 18.7 Å². The first kappa shape index (κ1) is 12.1. The van der Waals surface area contributed by atoms with E-state index >= 15 is 0 Å². The molecule has 1 amide bonds. The number of carbonyl (C=O) groups excluding carboxylic acids is 1. The first-order valence-electron chi connectivity index (χ1n) is 4.22. The highest BCUT2D eigenvalue weighted by Crippen LogP contribution is 2.28. The molecule has 1 aromatic rings. The molecule has 0 bridgehead atoms. The number of nitrogens with two attached hydrogens (primary N) is 1. The third kappa shape index (κ3) is 2.31. The number of nitro groups is 1. The lowest BCUT2D eigenvalue weighted by atomic mass is 10.1. The fourth-order valence-corrected chi connectivity index (χ4v) is 1.17. The van der Waals surface area contributed by atoms with Crippen molar-refractivity contribution in [3.63, 3.8) is 0 Å². The van der Waals surface area contributed by atoms with E-state index in [1.54, 1.807) is 0 Å². The lowest BCUT2D eigenvalue weighted by Gasteiger charge is -2.07. The van der Waals surface area contributed by atoms with E-state index in [0.717, 1.165) is 19.2 Å². The lowest BCUT2D eigenvalue weighted by molar-refractivity contribution is -0.386. The third-order valence-corrected chi connectivity index (χ3v) is 1.96. The van der Waals surface area contributed by atoms with Crippen LogP contribution in [-0.4, -0.2) is 17.9 Å². The Labute approximate surface area is 90.0 Å². The van der Waals surface area contributed by atoms with Crippen molar-refractivity contribution in [2.75, 3.05) is 7.11 Å². The van der Waals surface area contributed by atoms with Gasteiger partial charge in [0.1, 0.15) is 0 Å². The van der Waals surface area contributed by atoms with Crippen molar-refractivity contribution in [1.29, 1.82) is 0 Å². The summed E-state index contributed by atoms with van der Waals surface area (Å²) in [6.45, 7) is 0. The normalized spacial score (nSPS) is 12.1. The molecule has 7 heteroatoms. The monoisotopic (exact) mass is 228 g/mol. The predicted octanol–water partition coefficient (Wildman–Crippen LogP) is 1.31. The Bertz CT molecular complexity index is 436. The van der Waals surface area contributed by atoms with Crippen LogP contribution in [0.2, 0.25) is 0 Å². The van der Waals surface area contributed by atoms with Crippen LogP contribution in [0.5, 0.6) is 0 Å². The van der Waals surface area contributed by atoms with E-state index in [1.165, 1.54) is 6.07 Å². The molecule has 0 fully saturated rings. The second kappa shape index (κ2) is 4.67. The van der Waals surface area contributed by atoms with Gasteiger partial charge in [0.25, 0.3) is 5.69 Å². The largest absolute Gasteiger partial charge is 0.366 e. The minimum atomic E-state index is -1.91. The zero-order valence-corrected chi connectivity index (χ0v) is 8.34. The number of hydrogen-bond donors (Lipinski definition) is 1. The number of rotatable bonds is 4. The van der Waals surface area contributed by atoms with Crippen LogP contribution in [0.4, 0.5) is 10.1 Å². The number of amides is 1. The molecule has 1 rings (SSSR count). The molecular weight excluding hydrogens is 219 g/mol. The molecule has 1 atom stereocenters. The number of alkyl halides is 1. The van der Waals surface area contributed by atoms with Crippen molar-refractivity contribution in [2.45, 2.75) is 6.36 Å². The summed E-state index contributed by atoms with van der Waals surface area (Å²) in [5.41, 5.74) is 4.11. The summed E-state index contributed by atoms with van der Waals surface area (Å²) in [5, 5.41) is 10.6. The minimum Gasteiger partial charge on any atom is -0.366 e. The average molecular weight is 228 g/mol. The summed E-state index contributed by atoms with van der Waals surface area (Å²) in [4.78, 5) is 20.7. The number of benzene rings is 1. The van der Waals surface area contributed by atoms with E-state index < -0.39 is 22.9 Å². The van der Waals surface area contributed by atoms with Crippen LogP contribution in [-0.2, 0) is 4.74 Å². The summed E-state index contributed by atoms with van der Waals surface area (Å²) in [7, 11) is 1.08. The number of hydrogen-bond acceptors (Lipinski definition) is 4. The van der Waals surface area contributed by atoms with E-state index in [0.29, 0.717) is 0 Å². The molecule has 2 N–H and O–H groups in total. The fraction of sp³-hybridized carbons (Fsp3) is 0.222. The maximum absolute atomic E-state index is 13.2. The molecule has 0 aromatic heterocycles. The fourth-order valence-electron chi connectivity index (χ4n) is 1.17. The van der Waals surface area contributed by atoms with Gasteiger partial charge in [-0.1, -0.05) is 0 Å². The highest BCUT2D eigenvalue weighted by molar-refractivity contribution is 5.93. The first-order valence-corrected chi connectivity index (χ1v) is 4.22. The number of nitrogens with zero attached hydrogens (tertiary/aromatic N) is 1. The van der Waals surface area contributed by atoms with Crippen molar-refractivity contribution in [1.82, 2.24) is 0 Å². The van der Waals surface area contributed by atoms with Crippen LogP contribution in [0.1, 0.15) is 22.3 Å². The van der Waals surface area contributed by atoms with Crippen LogP contribution < -0.4 is 5.73 Å². The number of nitro benzene ring substituents is 1. The van der Waals surface area contributed by atoms with Gasteiger partial charge in [-0.2, -0.15) is 0 Å². The van der Waals surface area contributed by atoms with E-state index in [9.17, 15) is 19.3 Å². The number of halogens is 1. The molecule has 0 aliphatic rings. The van der Waals surface area contributed by atoms with Gasteiger partial charge in [-0.15, -0.1) is 0 Å². The summed E-state index contributed by atoms with van der Waals surface area (Å²) >= 11 is 0. The highest BCUT2D eigenvalue weighted by Gasteiger charge is 2.22. The van der Waals surface area contributed by atoms with Gasteiger partial charge in [0.15, 0.2) is 0 Å². The van der Waals surface area contributed by atoms with Crippen LogP contribution in [0.25, 0.3) is 0 Å². The zero-order valence-electron chi connectivity index (χ0n) is 8.34. The second-order valence-corrected chi connectivity index (χ2v) is 2.95. The van der Waals surface area contributed by atoms with Crippen LogP contribution in [0, 0.1) is 10.1 Å². The van der Waals surface area contributed by atoms with Crippen LogP contribution in [0.3, 0.4) is 0 Å². The van der Waals surface area contributed by atoms with Crippen LogP contribution in [0.15, 0.2) is 18.2 Å². The smallest absolute Gasteiger partial charge is 0.278 e. The molecule has 1 aromatic carbocycles. The Kier molecular flexibility index (Phi) is 3.51. The molecule has 0 spiro atoms. The molecule has 0 aliphatic heterocycles. The summed E-state index contributed by atoms with van der Waals surface area (Å²) < 4.78 is 17.5. The van der Waals surface area contributed by atoms with Crippen molar-refractivity contribution >= 4 is 11.6 Å². The van der Waals surface area contributed by atoms with Gasteiger partial charge in [0.2, 0.25) is 12.3 Å². The topological polar surface area (TPSA) is 95.5 Å². The Morgan fingerprint density at radius 1 is 1.62 bits per heavy atom. The molecule has 0 heterocycles. The molecule has 86 valence electrons. The molecule has 0 radical (unpaired) electrons. The molecule has 6 nitrogen and oxygen atoms in total. The summed E-state index contributed by atoms with van der Waals surface area (Å²) in [6, 6.07) is 3.23. The Morgan fingerprint density at radius 2 is 2.25 bits per heavy atom. The first-order chi connectivity index (χ1) is 7.47. The Balaban J connectivity index is 3.30. The lowest BCUT2D eigenvalue weighted by Crippen LogP contribution is -2.12.